The standard InChI is InChI=1S/C26H29ClN4O2S/c1-19(29-26(33)25(32)28-18-20-8-5-6-11-22(20)27)24(23-12-7-17-34-23)31-15-13-30(14-16-31)21-9-3-2-4-10-21/h2-12,17,19,24H,13-16,18H2,1H3,(H,28,32)(H,29,33)/t19-,24+/m1/s1. The minimum Gasteiger partial charge on any atom is -0.369 e. The maximum Gasteiger partial charge on any atom is 0.309 e. The lowest BCUT2D eigenvalue weighted by atomic mass is 10.0. The predicted molar refractivity (Wildman–Crippen MR) is 138 cm³/mol. The number of carbonyl (C=O) groups is 2. The zero-order chi connectivity index (χ0) is 23.9. The fourth-order valence-electron chi connectivity index (χ4n) is 4.35. The van der Waals surface area contributed by atoms with Gasteiger partial charge in [0.15, 0.2) is 0 Å². The first-order valence-corrected chi connectivity index (χ1v) is 12.7. The van der Waals surface area contributed by atoms with Crippen LogP contribution in [-0.4, -0.2) is 48.9 Å². The van der Waals surface area contributed by atoms with Gasteiger partial charge in [-0.1, -0.05) is 54.1 Å². The molecular formula is C26H29ClN4O2S. The molecule has 34 heavy (non-hydrogen) atoms. The Labute approximate surface area is 209 Å². The molecule has 2 heterocycles. The number of thiophene rings is 1. The second kappa shape index (κ2) is 11.5. The van der Waals surface area contributed by atoms with Crippen molar-refractivity contribution in [2.24, 2.45) is 0 Å². The molecule has 1 fully saturated rings. The summed E-state index contributed by atoms with van der Waals surface area (Å²) in [6.07, 6.45) is 0. The van der Waals surface area contributed by atoms with Gasteiger partial charge in [-0.3, -0.25) is 14.5 Å². The molecule has 0 saturated carbocycles. The number of para-hydroxylation sites is 1. The summed E-state index contributed by atoms with van der Waals surface area (Å²) in [6, 6.07) is 21.6. The van der Waals surface area contributed by atoms with Crippen LogP contribution >= 0.6 is 22.9 Å². The number of nitrogens with one attached hydrogen (secondary N) is 2. The van der Waals surface area contributed by atoms with Gasteiger partial charge < -0.3 is 15.5 Å². The van der Waals surface area contributed by atoms with E-state index in [4.69, 9.17) is 11.6 Å². The molecule has 8 heteroatoms. The highest BCUT2D eigenvalue weighted by molar-refractivity contribution is 7.10. The molecule has 0 unspecified atom stereocenters. The van der Waals surface area contributed by atoms with Crippen LogP contribution in [0, 0.1) is 0 Å². The van der Waals surface area contributed by atoms with Crippen molar-refractivity contribution in [1.29, 1.82) is 0 Å². The van der Waals surface area contributed by atoms with Crippen LogP contribution in [0.2, 0.25) is 5.02 Å². The van der Waals surface area contributed by atoms with Crippen LogP contribution in [0.1, 0.15) is 23.4 Å². The monoisotopic (exact) mass is 496 g/mol. The summed E-state index contributed by atoms with van der Waals surface area (Å²) < 4.78 is 0. The van der Waals surface area contributed by atoms with Crippen molar-refractivity contribution in [3.05, 3.63) is 87.6 Å². The van der Waals surface area contributed by atoms with Crippen molar-refractivity contribution in [2.75, 3.05) is 31.1 Å². The summed E-state index contributed by atoms with van der Waals surface area (Å²) in [6.45, 7) is 5.73. The van der Waals surface area contributed by atoms with Crippen molar-refractivity contribution < 1.29 is 9.59 Å². The van der Waals surface area contributed by atoms with Crippen molar-refractivity contribution in [2.45, 2.75) is 25.6 Å². The Balaban J connectivity index is 1.37. The third-order valence-corrected chi connectivity index (χ3v) is 7.41. The fraction of sp³-hybridized carbons (Fsp3) is 0.308. The molecule has 1 aliphatic rings. The average Bonchev–Trinajstić information content (AvgIpc) is 3.39. The van der Waals surface area contributed by atoms with E-state index in [-0.39, 0.29) is 18.6 Å². The van der Waals surface area contributed by atoms with Crippen molar-refractivity contribution in [3.8, 4) is 0 Å². The van der Waals surface area contributed by atoms with E-state index in [1.165, 1.54) is 10.6 Å². The molecule has 2 amide bonds. The smallest absolute Gasteiger partial charge is 0.309 e. The molecular weight excluding hydrogens is 468 g/mol. The van der Waals surface area contributed by atoms with E-state index in [9.17, 15) is 9.59 Å². The van der Waals surface area contributed by atoms with E-state index in [0.29, 0.717) is 5.02 Å². The lowest BCUT2D eigenvalue weighted by Crippen LogP contribution is -2.53. The second-order valence-corrected chi connectivity index (χ2v) is 9.74. The minimum absolute atomic E-state index is 0.00163. The highest BCUT2D eigenvalue weighted by atomic mass is 35.5. The molecule has 2 N–H and O–H groups in total. The largest absolute Gasteiger partial charge is 0.369 e. The van der Waals surface area contributed by atoms with Gasteiger partial charge in [-0.05, 0) is 42.1 Å². The van der Waals surface area contributed by atoms with E-state index in [2.05, 4.69) is 50.8 Å². The van der Waals surface area contributed by atoms with Gasteiger partial charge in [0.25, 0.3) is 0 Å². The Kier molecular flexibility index (Phi) is 8.21. The molecule has 0 radical (unpaired) electrons. The number of halogens is 1. The van der Waals surface area contributed by atoms with Gasteiger partial charge in [0.2, 0.25) is 0 Å². The Morgan fingerprint density at radius 3 is 2.32 bits per heavy atom. The summed E-state index contributed by atoms with van der Waals surface area (Å²) in [5, 5.41) is 8.20. The molecule has 0 bridgehead atoms. The van der Waals surface area contributed by atoms with Gasteiger partial charge in [-0.2, -0.15) is 0 Å². The van der Waals surface area contributed by atoms with Crippen LogP contribution in [0.15, 0.2) is 72.1 Å². The third-order valence-electron chi connectivity index (χ3n) is 6.10. The van der Waals surface area contributed by atoms with Crippen LogP contribution in [0.5, 0.6) is 0 Å². The fourth-order valence-corrected chi connectivity index (χ4v) is 5.51. The molecule has 1 aromatic heterocycles. The summed E-state index contributed by atoms with van der Waals surface area (Å²) >= 11 is 7.82. The maximum atomic E-state index is 12.7. The topological polar surface area (TPSA) is 64.7 Å². The van der Waals surface area contributed by atoms with Gasteiger partial charge in [0, 0.05) is 54.4 Å². The van der Waals surface area contributed by atoms with Crippen molar-refractivity contribution in [3.63, 3.8) is 0 Å². The first kappa shape index (κ1) is 24.3. The number of benzene rings is 2. The number of hydrogen-bond acceptors (Lipinski definition) is 5. The zero-order valence-electron chi connectivity index (χ0n) is 19.1. The highest BCUT2D eigenvalue weighted by Gasteiger charge is 2.31. The quantitative estimate of drug-likeness (QED) is 0.484. The summed E-state index contributed by atoms with van der Waals surface area (Å²) in [5.41, 5.74) is 2.00. The van der Waals surface area contributed by atoms with E-state index in [1.54, 1.807) is 17.4 Å². The van der Waals surface area contributed by atoms with E-state index in [0.717, 1.165) is 31.7 Å². The second-order valence-electron chi connectivity index (χ2n) is 8.36. The Bertz CT molecular complexity index is 1090. The number of hydrogen-bond donors (Lipinski definition) is 2. The lowest BCUT2D eigenvalue weighted by molar-refractivity contribution is -0.140. The van der Waals surface area contributed by atoms with E-state index >= 15 is 0 Å². The third kappa shape index (κ3) is 5.97. The molecule has 0 spiro atoms. The molecule has 178 valence electrons. The van der Waals surface area contributed by atoms with Crippen LogP contribution < -0.4 is 15.5 Å². The molecule has 1 aliphatic heterocycles. The number of anilines is 1. The molecule has 2 atom stereocenters. The van der Waals surface area contributed by atoms with Gasteiger partial charge in [-0.25, -0.2) is 0 Å². The first-order chi connectivity index (χ1) is 16.5. The van der Waals surface area contributed by atoms with Crippen LogP contribution in [0.25, 0.3) is 0 Å². The van der Waals surface area contributed by atoms with Gasteiger partial charge in [-0.15, -0.1) is 11.3 Å². The number of rotatable bonds is 7. The Morgan fingerprint density at radius 2 is 1.65 bits per heavy atom. The summed E-state index contributed by atoms with van der Waals surface area (Å²) in [5.74, 6) is -1.30. The lowest BCUT2D eigenvalue weighted by Gasteiger charge is -2.42. The number of piperazine rings is 1. The maximum absolute atomic E-state index is 12.7. The normalized spacial score (nSPS) is 16.0. The van der Waals surface area contributed by atoms with E-state index in [1.807, 2.05) is 42.6 Å². The molecule has 4 rings (SSSR count). The molecule has 3 aromatic rings. The summed E-state index contributed by atoms with van der Waals surface area (Å²) in [4.78, 5) is 31.1. The van der Waals surface area contributed by atoms with Crippen molar-refractivity contribution >= 4 is 40.4 Å². The number of nitrogens with zero attached hydrogens (tertiary/aromatic N) is 2. The van der Waals surface area contributed by atoms with Crippen LogP contribution in [-0.2, 0) is 16.1 Å². The minimum atomic E-state index is -0.661. The van der Waals surface area contributed by atoms with Crippen LogP contribution in [0.4, 0.5) is 5.69 Å². The van der Waals surface area contributed by atoms with E-state index < -0.39 is 11.8 Å². The molecule has 2 aromatic carbocycles. The number of amides is 2. The van der Waals surface area contributed by atoms with Gasteiger partial charge >= 0.3 is 11.8 Å². The van der Waals surface area contributed by atoms with Crippen molar-refractivity contribution in [1.82, 2.24) is 15.5 Å². The number of carbonyl (C=O) groups excluding carboxylic acids is 2. The Hall–Kier alpha value is -2.87. The predicted octanol–water partition coefficient (Wildman–Crippen LogP) is 4.09. The molecule has 6 nitrogen and oxygen atoms in total. The summed E-state index contributed by atoms with van der Waals surface area (Å²) in [7, 11) is 0. The van der Waals surface area contributed by atoms with Gasteiger partial charge in [0.05, 0.1) is 6.04 Å². The average molecular weight is 497 g/mol. The van der Waals surface area contributed by atoms with Gasteiger partial charge in [0.1, 0.15) is 0 Å². The molecule has 0 aliphatic carbocycles. The Morgan fingerprint density at radius 1 is 0.941 bits per heavy atom. The zero-order valence-corrected chi connectivity index (χ0v) is 20.7. The van der Waals surface area contributed by atoms with Crippen LogP contribution in [0.3, 0.4) is 0 Å². The first-order valence-electron chi connectivity index (χ1n) is 11.4. The highest BCUT2D eigenvalue weighted by Crippen LogP contribution is 2.30. The SMILES string of the molecule is C[C@@H](NC(=O)C(=O)NCc1ccccc1Cl)[C@@H](c1cccs1)N1CCN(c2ccccc2)CC1. The molecule has 1 saturated heterocycles.